The average molecular weight is 190 g/mol. The SMILES string of the molecule is COC(F)(CCC(C)C)CC(C)C. The van der Waals surface area contributed by atoms with Crippen LogP contribution < -0.4 is 0 Å². The van der Waals surface area contributed by atoms with E-state index >= 15 is 0 Å². The number of alkyl halides is 1. The summed E-state index contributed by atoms with van der Waals surface area (Å²) in [5, 5.41) is 0. The van der Waals surface area contributed by atoms with Crippen molar-refractivity contribution in [2.75, 3.05) is 7.11 Å². The van der Waals surface area contributed by atoms with Gasteiger partial charge in [0, 0.05) is 20.0 Å². The first-order valence-corrected chi connectivity index (χ1v) is 5.13. The Morgan fingerprint density at radius 1 is 1.15 bits per heavy atom. The number of ether oxygens (including phenoxy) is 1. The monoisotopic (exact) mass is 190 g/mol. The Hall–Kier alpha value is -0.110. The zero-order valence-corrected chi connectivity index (χ0v) is 9.56. The second kappa shape index (κ2) is 5.58. The molecule has 0 rings (SSSR count). The van der Waals surface area contributed by atoms with Gasteiger partial charge in [-0.25, -0.2) is 4.39 Å². The lowest BCUT2D eigenvalue weighted by Gasteiger charge is -2.26. The fourth-order valence-electron chi connectivity index (χ4n) is 1.40. The summed E-state index contributed by atoms with van der Waals surface area (Å²) in [6, 6.07) is 0. The maximum absolute atomic E-state index is 13.9. The van der Waals surface area contributed by atoms with Crippen LogP contribution in [0.5, 0.6) is 0 Å². The molecule has 0 amide bonds. The molecule has 0 radical (unpaired) electrons. The fourth-order valence-corrected chi connectivity index (χ4v) is 1.40. The Morgan fingerprint density at radius 3 is 2.00 bits per heavy atom. The Balaban J connectivity index is 3.96. The third-order valence-corrected chi connectivity index (χ3v) is 2.17. The van der Waals surface area contributed by atoms with Gasteiger partial charge in [-0.3, -0.25) is 0 Å². The molecule has 1 nitrogen and oxygen atoms in total. The zero-order valence-electron chi connectivity index (χ0n) is 9.56. The summed E-state index contributed by atoms with van der Waals surface area (Å²) in [6.07, 6.45) is 1.90. The van der Waals surface area contributed by atoms with E-state index in [-0.39, 0.29) is 0 Å². The molecule has 0 aromatic carbocycles. The Bertz CT molecular complexity index is 134. The van der Waals surface area contributed by atoms with Crippen LogP contribution in [-0.4, -0.2) is 13.0 Å². The second-order valence-corrected chi connectivity index (χ2v) is 4.62. The lowest BCUT2D eigenvalue weighted by Crippen LogP contribution is -2.27. The van der Waals surface area contributed by atoms with E-state index in [1.54, 1.807) is 0 Å². The van der Waals surface area contributed by atoms with Crippen molar-refractivity contribution < 1.29 is 9.13 Å². The van der Waals surface area contributed by atoms with Gasteiger partial charge in [-0.15, -0.1) is 0 Å². The summed E-state index contributed by atoms with van der Waals surface area (Å²) in [7, 11) is 1.46. The molecule has 0 N–H and O–H groups in total. The standard InChI is InChI=1S/C11H23FO/c1-9(2)6-7-11(12,13-5)8-10(3)4/h9-10H,6-8H2,1-5H3. The van der Waals surface area contributed by atoms with E-state index in [0.29, 0.717) is 24.7 Å². The van der Waals surface area contributed by atoms with Crippen LogP contribution in [0, 0.1) is 11.8 Å². The van der Waals surface area contributed by atoms with Crippen LogP contribution in [-0.2, 0) is 4.74 Å². The first-order chi connectivity index (χ1) is 5.89. The average Bonchev–Trinajstić information content (AvgIpc) is 2.00. The van der Waals surface area contributed by atoms with Crippen LogP contribution in [0.4, 0.5) is 4.39 Å². The molecule has 0 aromatic rings. The molecule has 0 saturated carbocycles. The second-order valence-electron chi connectivity index (χ2n) is 4.62. The smallest absolute Gasteiger partial charge is 0.209 e. The molecule has 0 bridgehead atoms. The van der Waals surface area contributed by atoms with Crippen molar-refractivity contribution in [2.45, 2.75) is 52.8 Å². The van der Waals surface area contributed by atoms with E-state index < -0.39 is 5.85 Å². The van der Waals surface area contributed by atoms with Crippen LogP contribution in [0.2, 0.25) is 0 Å². The predicted octanol–water partition coefficient (Wildman–Crippen LogP) is 3.78. The van der Waals surface area contributed by atoms with Gasteiger partial charge < -0.3 is 4.74 Å². The summed E-state index contributed by atoms with van der Waals surface area (Å²) < 4.78 is 18.8. The van der Waals surface area contributed by atoms with Crippen molar-refractivity contribution in [1.29, 1.82) is 0 Å². The van der Waals surface area contributed by atoms with Crippen molar-refractivity contribution >= 4 is 0 Å². The van der Waals surface area contributed by atoms with Crippen molar-refractivity contribution in [3.05, 3.63) is 0 Å². The quantitative estimate of drug-likeness (QED) is 0.619. The van der Waals surface area contributed by atoms with E-state index in [9.17, 15) is 4.39 Å². The number of methoxy groups -OCH3 is 1. The first kappa shape index (κ1) is 12.9. The van der Waals surface area contributed by atoms with Crippen molar-refractivity contribution in [3.8, 4) is 0 Å². The third kappa shape index (κ3) is 6.03. The molecule has 0 aliphatic carbocycles. The topological polar surface area (TPSA) is 9.23 Å². The summed E-state index contributed by atoms with van der Waals surface area (Å²) in [6.45, 7) is 8.24. The van der Waals surface area contributed by atoms with Crippen LogP contribution in [0.25, 0.3) is 0 Å². The highest BCUT2D eigenvalue weighted by atomic mass is 19.2. The lowest BCUT2D eigenvalue weighted by molar-refractivity contribution is -0.141. The summed E-state index contributed by atoms with van der Waals surface area (Å²) in [4.78, 5) is 0. The van der Waals surface area contributed by atoms with Gasteiger partial charge in [-0.05, 0) is 18.3 Å². The van der Waals surface area contributed by atoms with E-state index in [1.165, 1.54) is 7.11 Å². The molecule has 0 heterocycles. The molecular formula is C11H23FO. The van der Waals surface area contributed by atoms with Gasteiger partial charge in [0.2, 0.25) is 5.85 Å². The normalized spacial score (nSPS) is 16.6. The number of halogens is 1. The van der Waals surface area contributed by atoms with E-state index in [1.807, 2.05) is 13.8 Å². The van der Waals surface area contributed by atoms with Crippen LogP contribution in [0.15, 0.2) is 0 Å². The molecule has 80 valence electrons. The van der Waals surface area contributed by atoms with E-state index in [0.717, 1.165) is 6.42 Å². The molecular weight excluding hydrogens is 167 g/mol. The highest BCUT2D eigenvalue weighted by Gasteiger charge is 2.29. The Labute approximate surface area is 81.7 Å². The van der Waals surface area contributed by atoms with Gasteiger partial charge in [0.25, 0.3) is 0 Å². The molecule has 0 fully saturated rings. The fraction of sp³-hybridized carbons (Fsp3) is 1.00. The molecule has 2 heteroatoms. The van der Waals surface area contributed by atoms with Gasteiger partial charge in [-0.2, -0.15) is 0 Å². The molecule has 0 aromatic heterocycles. The third-order valence-electron chi connectivity index (χ3n) is 2.17. The van der Waals surface area contributed by atoms with E-state index in [2.05, 4.69) is 13.8 Å². The maximum Gasteiger partial charge on any atom is 0.209 e. The summed E-state index contributed by atoms with van der Waals surface area (Å²) in [5.41, 5.74) is 0. The molecule has 1 unspecified atom stereocenters. The van der Waals surface area contributed by atoms with Gasteiger partial charge in [0.05, 0.1) is 0 Å². The van der Waals surface area contributed by atoms with E-state index in [4.69, 9.17) is 4.74 Å². The minimum absolute atomic E-state index is 0.345. The predicted molar refractivity (Wildman–Crippen MR) is 54.4 cm³/mol. The number of hydrogen-bond donors (Lipinski definition) is 0. The molecule has 0 saturated heterocycles. The highest BCUT2D eigenvalue weighted by Crippen LogP contribution is 2.28. The Morgan fingerprint density at radius 2 is 1.69 bits per heavy atom. The van der Waals surface area contributed by atoms with Gasteiger partial charge in [0.1, 0.15) is 0 Å². The van der Waals surface area contributed by atoms with Gasteiger partial charge in [-0.1, -0.05) is 27.7 Å². The molecule has 1 atom stereocenters. The molecule has 0 aliphatic heterocycles. The zero-order chi connectivity index (χ0) is 10.5. The van der Waals surface area contributed by atoms with Crippen molar-refractivity contribution in [3.63, 3.8) is 0 Å². The number of hydrogen-bond acceptors (Lipinski definition) is 1. The van der Waals surface area contributed by atoms with Crippen molar-refractivity contribution in [1.82, 2.24) is 0 Å². The van der Waals surface area contributed by atoms with Gasteiger partial charge in [0.15, 0.2) is 0 Å². The first-order valence-electron chi connectivity index (χ1n) is 5.13. The summed E-state index contributed by atoms with van der Waals surface area (Å²) in [5.74, 6) is -0.520. The lowest BCUT2D eigenvalue weighted by atomic mass is 9.96. The molecule has 0 spiro atoms. The van der Waals surface area contributed by atoms with Crippen LogP contribution in [0.1, 0.15) is 47.0 Å². The van der Waals surface area contributed by atoms with Gasteiger partial charge >= 0.3 is 0 Å². The highest BCUT2D eigenvalue weighted by molar-refractivity contribution is 4.70. The minimum atomic E-state index is -1.40. The molecule has 0 aliphatic rings. The summed E-state index contributed by atoms with van der Waals surface area (Å²) >= 11 is 0. The Kier molecular flexibility index (Phi) is 5.54. The van der Waals surface area contributed by atoms with Crippen molar-refractivity contribution in [2.24, 2.45) is 11.8 Å². The van der Waals surface area contributed by atoms with Crippen LogP contribution >= 0.6 is 0 Å². The number of rotatable bonds is 6. The maximum atomic E-state index is 13.9. The molecule has 13 heavy (non-hydrogen) atoms. The largest absolute Gasteiger partial charge is 0.349 e. The minimum Gasteiger partial charge on any atom is -0.349 e. The van der Waals surface area contributed by atoms with Crippen LogP contribution in [0.3, 0.4) is 0 Å².